The van der Waals surface area contributed by atoms with Crippen LogP contribution in [0.25, 0.3) is 0 Å². The number of halogens is 1. The van der Waals surface area contributed by atoms with Crippen molar-refractivity contribution in [1.29, 1.82) is 0 Å². The summed E-state index contributed by atoms with van der Waals surface area (Å²) in [6.07, 6.45) is 3.02. The van der Waals surface area contributed by atoms with Gasteiger partial charge in [0.1, 0.15) is 5.82 Å². The van der Waals surface area contributed by atoms with Gasteiger partial charge in [0.2, 0.25) is 0 Å². The third-order valence-electron chi connectivity index (χ3n) is 2.22. The van der Waals surface area contributed by atoms with Crippen LogP contribution in [0.15, 0.2) is 18.3 Å². The van der Waals surface area contributed by atoms with Crippen molar-refractivity contribution in [2.75, 3.05) is 23.3 Å². The van der Waals surface area contributed by atoms with Crippen LogP contribution in [0.2, 0.25) is 0 Å². The maximum Gasteiger partial charge on any atom is 0.131 e. The molecule has 0 aliphatic rings. The van der Waals surface area contributed by atoms with Crippen LogP contribution in [0.1, 0.15) is 18.9 Å². The molecule has 0 saturated heterocycles. The Morgan fingerprint density at radius 3 is 2.86 bits per heavy atom. The van der Waals surface area contributed by atoms with Crippen molar-refractivity contribution >= 4 is 21.7 Å². The summed E-state index contributed by atoms with van der Waals surface area (Å²) in [6.45, 7) is 6.37. The molecule has 0 N–H and O–H groups in total. The number of rotatable bonds is 5. The molecule has 0 fully saturated rings. The van der Waals surface area contributed by atoms with E-state index < -0.39 is 0 Å². The van der Waals surface area contributed by atoms with Gasteiger partial charge in [-0.05, 0) is 31.9 Å². The van der Waals surface area contributed by atoms with Gasteiger partial charge in [0.15, 0.2) is 0 Å². The fraction of sp³-hybridized carbons (Fsp3) is 0.545. The second kappa shape index (κ2) is 6.02. The van der Waals surface area contributed by atoms with Gasteiger partial charge >= 0.3 is 0 Å². The Morgan fingerprint density at radius 2 is 2.29 bits per heavy atom. The first-order valence-corrected chi connectivity index (χ1v) is 6.14. The summed E-state index contributed by atoms with van der Waals surface area (Å²) in [7, 11) is 0. The lowest BCUT2D eigenvalue weighted by molar-refractivity contribution is 0.782. The molecule has 0 saturated carbocycles. The third-order valence-corrected chi connectivity index (χ3v) is 2.79. The smallest absolute Gasteiger partial charge is 0.131 e. The Bertz CT molecular complexity index is 276. The van der Waals surface area contributed by atoms with Crippen LogP contribution in [0.5, 0.6) is 0 Å². The molecule has 0 aromatic carbocycles. The van der Waals surface area contributed by atoms with Crippen LogP contribution in [0.3, 0.4) is 0 Å². The summed E-state index contributed by atoms with van der Waals surface area (Å²) in [5.74, 6) is 1.12. The van der Waals surface area contributed by atoms with Gasteiger partial charge in [-0.3, -0.25) is 0 Å². The van der Waals surface area contributed by atoms with E-state index in [4.69, 9.17) is 0 Å². The maximum atomic E-state index is 4.41. The van der Waals surface area contributed by atoms with E-state index in [9.17, 15) is 0 Å². The molecule has 1 aromatic heterocycles. The monoisotopic (exact) mass is 256 g/mol. The van der Waals surface area contributed by atoms with Gasteiger partial charge in [-0.1, -0.05) is 22.0 Å². The number of hydrogen-bond acceptors (Lipinski definition) is 2. The zero-order valence-electron chi connectivity index (χ0n) is 8.83. The molecule has 0 atom stereocenters. The summed E-state index contributed by atoms with van der Waals surface area (Å²) in [5, 5.41) is 1.05. The van der Waals surface area contributed by atoms with Gasteiger partial charge in [-0.25, -0.2) is 4.98 Å². The van der Waals surface area contributed by atoms with Crippen LogP contribution in [-0.2, 0) is 0 Å². The highest BCUT2D eigenvalue weighted by molar-refractivity contribution is 9.09. The lowest BCUT2D eigenvalue weighted by atomic mass is 10.2. The van der Waals surface area contributed by atoms with Gasteiger partial charge < -0.3 is 4.90 Å². The van der Waals surface area contributed by atoms with Crippen molar-refractivity contribution in [2.45, 2.75) is 20.3 Å². The van der Waals surface area contributed by atoms with Crippen molar-refractivity contribution in [3.8, 4) is 0 Å². The van der Waals surface area contributed by atoms with E-state index >= 15 is 0 Å². The number of alkyl halides is 1. The van der Waals surface area contributed by atoms with E-state index in [0.29, 0.717) is 0 Å². The number of pyridine rings is 1. The van der Waals surface area contributed by atoms with Crippen molar-refractivity contribution in [1.82, 2.24) is 4.98 Å². The van der Waals surface area contributed by atoms with Gasteiger partial charge in [0.25, 0.3) is 0 Å². The van der Waals surface area contributed by atoms with Crippen LogP contribution >= 0.6 is 15.9 Å². The molecule has 1 aromatic rings. The SMILES string of the molecule is CCN(CCCBr)c1ncccc1C. The first-order chi connectivity index (χ1) is 6.79. The van der Waals surface area contributed by atoms with Crippen LogP contribution in [0, 0.1) is 6.92 Å². The Hall–Kier alpha value is -0.570. The molecule has 0 amide bonds. The first-order valence-electron chi connectivity index (χ1n) is 5.02. The minimum atomic E-state index is 1.02. The molecule has 1 heterocycles. The van der Waals surface area contributed by atoms with E-state index in [1.807, 2.05) is 12.3 Å². The average Bonchev–Trinajstić information content (AvgIpc) is 2.21. The highest BCUT2D eigenvalue weighted by Gasteiger charge is 2.06. The lowest BCUT2D eigenvalue weighted by Gasteiger charge is -2.22. The zero-order chi connectivity index (χ0) is 10.4. The molecule has 0 bridgehead atoms. The highest BCUT2D eigenvalue weighted by atomic mass is 79.9. The number of aryl methyl sites for hydroxylation is 1. The Balaban J connectivity index is 2.73. The molecule has 0 aliphatic carbocycles. The molecular weight excluding hydrogens is 240 g/mol. The second-order valence-electron chi connectivity index (χ2n) is 3.27. The molecule has 2 nitrogen and oxygen atoms in total. The first kappa shape index (κ1) is 11.5. The van der Waals surface area contributed by atoms with E-state index in [1.165, 1.54) is 5.56 Å². The van der Waals surface area contributed by atoms with Gasteiger partial charge in [0.05, 0.1) is 0 Å². The molecule has 0 aliphatic heterocycles. The van der Waals surface area contributed by atoms with Crippen LogP contribution in [0.4, 0.5) is 5.82 Å². The van der Waals surface area contributed by atoms with Crippen molar-refractivity contribution in [3.63, 3.8) is 0 Å². The van der Waals surface area contributed by atoms with E-state index in [1.54, 1.807) is 0 Å². The fourth-order valence-corrected chi connectivity index (χ4v) is 1.72. The molecule has 3 heteroatoms. The van der Waals surface area contributed by atoms with Gasteiger partial charge in [-0.2, -0.15) is 0 Å². The summed E-state index contributed by atoms with van der Waals surface area (Å²) in [5.41, 5.74) is 1.25. The molecule has 0 radical (unpaired) electrons. The molecule has 78 valence electrons. The van der Waals surface area contributed by atoms with E-state index in [2.05, 4.69) is 45.7 Å². The highest BCUT2D eigenvalue weighted by Crippen LogP contribution is 2.15. The molecule has 0 spiro atoms. The molecule has 0 unspecified atom stereocenters. The predicted octanol–water partition coefficient (Wildman–Crippen LogP) is 3.00. The summed E-state index contributed by atoms with van der Waals surface area (Å²) in [6, 6.07) is 4.09. The van der Waals surface area contributed by atoms with E-state index in [-0.39, 0.29) is 0 Å². The quantitative estimate of drug-likeness (QED) is 0.754. The Labute approximate surface area is 94.5 Å². The van der Waals surface area contributed by atoms with Gasteiger partial charge in [0, 0.05) is 24.6 Å². The van der Waals surface area contributed by atoms with Crippen LogP contribution in [-0.4, -0.2) is 23.4 Å². The predicted molar refractivity (Wildman–Crippen MR) is 65.3 cm³/mol. The number of anilines is 1. The number of aromatic nitrogens is 1. The fourth-order valence-electron chi connectivity index (χ4n) is 1.47. The summed E-state index contributed by atoms with van der Waals surface area (Å²) in [4.78, 5) is 6.73. The Kier molecular flexibility index (Phi) is 4.94. The second-order valence-corrected chi connectivity index (χ2v) is 4.06. The van der Waals surface area contributed by atoms with Gasteiger partial charge in [-0.15, -0.1) is 0 Å². The van der Waals surface area contributed by atoms with Crippen molar-refractivity contribution < 1.29 is 0 Å². The minimum Gasteiger partial charge on any atom is -0.357 e. The van der Waals surface area contributed by atoms with Crippen LogP contribution < -0.4 is 4.90 Å². The molecule has 14 heavy (non-hydrogen) atoms. The zero-order valence-corrected chi connectivity index (χ0v) is 10.4. The summed E-state index contributed by atoms with van der Waals surface area (Å²) >= 11 is 3.45. The third kappa shape index (κ3) is 2.98. The van der Waals surface area contributed by atoms with Crippen molar-refractivity contribution in [2.24, 2.45) is 0 Å². The Morgan fingerprint density at radius 1 is 1.50 bits per heavy atom. The molecular formula is C11H17BrN2. The lowest BCUT2D eigenvalue weighted by Crippen LogP contribution is -2.25. The van der Waals surface area contributed by atoms with Crippen molar-refractivity contribution in [3.05, 3.63) is 23.9 Å². The summed E-state index contributed by atoms with van der Waals surface area (Å²) < 4.78 is 0. The maximum absolute atomic E-state index is 4.41. The van der Waals surface area contributed by atoms with E-state index in [0.717, 1.165) is 30.7 Å². The number of nitrogens with zero attached hydrogens (tertiary/aromatic N) is 2. The standard InChI is InChI=1S/C11H17BrN2/c1-3-14(9-5-7-12)11-10(2)6-4-8-13-11/h4,6,8H,3,5,7,9H2,1-2H3. The largest absolute Gasteiger partial charge is 0.357 e. The molecule has 1 rings (SSSR count). The topological polar surface area (TPSA) is 16.1 Å². The number of hydrogen-bond donors (Lipinski definition) is 0. The average molecular weight is 257 g/mol. The minimum absolute atomic E-state index is 1.02. The normalized spacial score (nSPS) is 10.2.